The number of benzene rings is 1. The minimum absolute atomic E-state index is 0.100. The molecule has 4 rings (SSSR count). The van der Waals surface area contributed by atoms with E-state index in [-0.39, 0.29) is 5.91 Å². The molecule has 26 heavy (non-hydrogen) atoms. The molecular weight excluding hydrogens is 330 g/mol. The number of fused-ring (bicyclic) bond motifs is 1. The third-order valence-corrected chi connectivity index (χ3v) is 4.60. The van der Waals surface area contributed by atoms with E-state index in [4.69, 9.17) is 4.74 Å². The van der Waals surface area contributed by atoms with Gasteiger partial charge in [-0.15, -0.1) is 0 Å². The van der Waals surface area contributed by atoms with Crippen molar-refractivity contribution in [2.45, 2.75) is 13.5 Å². The molecular formula is C19H21N5O2. The van der Waals surface area contributed by atoms with Gasteiger partial charge in [-0.1, -0.05) is 0 Å². The van der Waals surface area contributed by atoms with Gasteiger partial charge in [-0.25, -0.2) is 9.50 Å². The number of aryl methyl sites for hydroxylation is 1. The number of carbonyl (C=O) groups is 1. The van der Waals surface area contributed by atoms with Crippen molar-refractivity contribution in [3.05, 3.63) is 59.5 Å². The summed E-state index contributed by atoms with van der Waals surface area (Å²) in [6.45, 7) is 5.69. The molecule has 7 nitrogen and oxygen atoms in total. The Kier molecular flexibility index (Phi) is 4.53. The fourth-order valence-corrected chi connectivity index (χ4v) is 3.23. The summed E-state index contributed by atoms with van der Waals surface area (Å²) in [6.07, 6.45) is 5.28. The Bertz CT molecular complexity index is 931. The summed E-state index contributed by atoms with van der Waals surface area (Å²) >= 11 is 0. The number of hydrogen-bond donors (Lipinski definition) is 1. The topological polar surface area (TPSA) is 71.8 Å². The largest absolute Gasteiger partial charge is 0.378 e. The van der Waals surface area contributed by atoms with Crippen LogP contribution in [0.2, 0.25) is 0 Å². The number of nitrogens with zero attached hydrogens (tertiary/aromatic N) is 4. The molecule has 2 aromatic heterocycles. The molecule has 134 valence electrons. The summed E-state index contributed by atoms with van der Waals surface area (Å²) in [5.74, 6) is -0.100. The van der Waals surface area contributed by atoms with Gasteiger partial charge in [-0.2, -0.15) is 5.10 Å². The van der Waals surface area contributed by atoms with Gasteiger partial charge in [0, 0.05) is 48.8 Å². The number of hydrogen-bond acceptors (Lipinski definition) is 5. The van der Waals surface area contributed by atoms with Gasteiger partial charge in [-0.3, -0.25) is 4.79 Å². The van der Waals surface area contributed by atoms with E-state index in [1.807, 2.05) is 37.4 Å². The van der Waals surface area contributed by atoms with Gasteiger partial charge in [0.15, 0.2) is 5.65 Å². The predicted molar refractivity (Wildman–Crippen MR) is 98.4 cm³/mol. The van der Waals surface area contributed by atoms with Gasteiger partial charge in [0.25, 0.3) is 5.91 Å². The van der Waals surface area contributed by atoms with Gasteiger partial charge in [0.05, 0.1) is 19.4 Å². The van der Waals surface area contributed by atoms with E-state index in [0.717, 1.165) is 48.8 Å². The van der Waals surface area contributed by atoms with Crippen LogP contribution in [0.4, 0.5) is 5.69 Å². The zero-order valence-corrected chi connectivity index (χ0v) is 14.7. The maximum atomic E-state index is 12.5. The minimum Gasteiger partial charge on any atom is -0.378 e. The molecule has 0 aliphatic carbocycles. The smallest absolute Gasteiger partial charge is 0.251 e. The Morgan fingerprint density at radius 3 is 2.96 bits per heavy atom. The fraction of sp³-hybridized carbons (Fsp3) is 0.316. The fourth-order valence-electron chi connectivity index (χ4n) is 3.23. The normalized spacial score (nSPS) is 14.6. The Morgan fingerprint density at radius 2 is 2.15 bits per heavy atom. The van der Waals surface area contributed by atoms with E-state index in [1.54, 1.807) is 16.9 Å². The van der Waals surface area contributed by atoms with Gasteiger partial charge >= 0.3 is 0 Å². The van der Waals surface area contributed by atoms with Crippen molar-refractivity contribution in [1.82, 2.24) is 19.9 Å². The van der Waals surface area contributed by atoms with Crippen molar-refractivity contribution >= 4 is 17.2 Å². The van der Waals surface area contributed by atoms with E-state index < -0.39 is 0 Å². The third-order valence-electron chi connectivity index (χ3n) is 4.60. The molecule has 0 spiro atoms. The molecule has 1 amide bonds. The van der Waals surface area contributed by atoms with Crippen LogP contribution in [0.5, 0.6) is 0 Å². The summed E-state index contributed by atoms with van der Waals surface area (Å²) in [6, 6.07) is 7.66. The highest BCUT2D eigenvalue weighted by Crippen LogP contribution is 2.22. The van der Waals surface area contributed by atoms with E-state index in [9.17, 15) is 4.79 Å². The van der Waals surface area contributed by atoms with Crippen LogP contribution in [0.25, 0.3) is 5.65 Å². The van der Waals surface area contributed by atoms with Crippen molar-refractivity contribution in [3.8, 4) is 0 Å². The maximum absolute atomic E-state index is 12.5. The summed E-state index contributed by atoms with van der Waals surface area (Å²) in [7, 11) is 0. The molecule has 1 fully saturated rings. The van der Waals surface area contributed by atoms with Crippen LogP contribution in [0.1, 0.15) is 21.5 Å². The average Bonchev–Trinajstić information content (AvgIpc) is 3.10. The highest BCUT2D eigenvalue weighted by molar-refractivity contribution is 5.95. The molecule has 0 unspecified atom stereocenters. The summed E-state index contributed by atoms with van der Waals surface area (Å²) < 4.78 is 7.10. The van der Waals surface area contributed by atoms with Crippen molar-refractivity contribution in [2.24, 2.45) is 0 Å². The number of morpholine rings is 1. The summed E-state index contributed by atoms with van der Waals surface area (Å²) in [5.41, 5.74) is 4.56. The summed E-state index contributed by atoms with van der Waals surface area (Å²) in [5, 5.41) is 7.19. The lowest BCUT2D eigenvalue weighted by atomic mass is 10.1. The van der Waals surface area contributed by atoms with Crippen LogP contribution in [0, 0.1) is 6.92 Å². The maximum Gasteiger partial charge on any atom is 0.251 e. The summed E-state index contributed by atoms with van der Waals surface area (Å²) in [4.78, 5) is 19.1. The monoisotopic (exact) mass is 351 g/mol. The van der Waals surface area contributed by atoms with Crippen LogP contribution in [0.3, 0.4) is 0 Å². The highest BCUT2D eigenvalue weighted by atomic mass is 16.5. The zero-order valence-electron chi connectivity index (χ0n) is 14.7. The lowest BCUT2D eigenvalue weighted by Crippen LogP contribution is -2.36. The first kappa shape index (κ1) is 16.5. The minimum atomic E-state index is -0.100. The second kappa shape index (κ2) is 7.13. The van der Waals surface area contributed by atoms with Gasteiger partial charge in [-0.05, 0) is 36.8 Å². The quantitative estimate of drug-likeness (QED) is 0.776. The number of rotatable bonds is 4. The molecule has 1 aromatic carbocycles. The number of nitrogens with one attached hydrogen (secondary N) is 1. The molecule has 1 N–H and O–H groups in total. The van der Waals surface area contributed by atoms with Crippen molar-refractivity contribution < 1.29 is 9.53 Å². The van der Waals surface area contributed by atoms with Crippen molar-refractivity contribution in [1.29, 1.82) is 0 Å². The zero-order chi connectivity index (χ0) is 17.9. The Labute approximate surface area is 151 Å². The number of anilines is 1. The second-order valence-corrected chi connectivity index (χ2v) is 6.34. The number of ether oxygens (including phenoxy) is 1. The molecule has 0 bridgehead atoms. The average molecular weight is 351 g/mol. The van der Waals surface area contributed by atoms with Crippen LogP contribution in [-0.4, -0.2) is 46.8 Å². The number of aromatic nitrogens is 3. The van der Waals surface area contributed by atoms with Crippen molar-refractivity contribution in [3.63, 3.8) is 0 Å². The first-order chi connectivity index (χ1) is 12.7. The lowest BCUT2D eigenvalue weighted by molar-refractivity contribution is 0.0951. The molecule has 1 aliphatic heterocycles. The van der Waals surface area contributed by atoms with Gasteiger partial charge in [0.2, 0.25) is 0 Å². The van der Waals surface area contributed by atoms with E-state index in [1.165, 1.54) is 0 Å². The first-order valence-electron chi connectivity index (χ1n) is 8.71. The molecule has 1 saturated heterocycles. The Hall–Kier alpha value is -2.93. The van der Waals surface area contributed by atoms with Crippen LogP contribution in [-0.2, 0) is 11.3 Å². The molecule has 3 aromatic rings. The van der Waals surface area contributed by atoms with E-state index in [2.05, 4.69) is 20.3 Å². The molecule has 7 heteroatoms. The van der Waals surface area contributed by atoms with Gasteiger partial charge < -0.3 is 15.0 Å². The van der Waals surface area contributed by atoms with Crippen molar-refractivity contribution in [2.75, 3.05) is 31.2 Å². The molecule has 3 heterocycles. The Morgan fingerprint density at radius 1 is 1.31 bits per heavy atom. The molecule has 0 atom stereocenters. The number of carbonyl (C=O) groups excluding carboxylic acids is 1. The highest BCUT2D eigenvalue weighted by Gasteiger charge is 2.15. The van der Waals surface area contributed by atoms with Crippen LogP contribution < -0.4 is 10.2 Å². The van der Waals surface area contributed by atoms with Crippen LogP contribution >= 0.6 is 0 Å². The van der Waals surface area contributed by atoms with E-state index >= 15 is 0 Å². The predicted octanol–water partition coefficient (Wildman–Crippen LogP) is 1.80. The SMILES string of the molecule is Cc1cc(C(=O)NCc2cnn3cccnc23)ccc1N1CCOCC1. The standard InChI is InChI=1S/C19H21N5O2/c1-14-11-15(3-4-17(14)23-7-9-26-10-8-23)19(25)21-12-16-13-22-24-6-2-5-20-18(16)24/h2-6,11,13H,7-10,12H2,1H3,(H,21,25). The first-order valence-corrected chi connectivity index (χ1v) is 8.71. The second-order valence-electron chi connectivity index (χ2n) is 6.34. The van der Waals surface area contributed by atoms with Crippen LogP contribution in [0.15, 0.2) is 42.9 Å². The third kappa shape index (κ3) is 3.25. The molecule has 0 radical (unpaired) electrons. The molecule has 1 aliphatic rings. The number of amides is 1. The molecule has 0 saturated carbocycles. The van der Waals surface area contributed by atoms with Gasteiger partial charge in [0.1, 0.15) is 0 Å². The lowest BCUT2D eigenvalue weighted by Gasteiger charge is -2.30. The Balaban J connectivity index is 1.45. The van der Waals surface area contributed by atoms with E-state index in [0.29, 0.717) is 12.1 Å².